The summed E-state index contributed by atoms with van der Waals surface area (Å²) in [5.41, 5.74) is 3.14. The molecule has 8 nitrogen and oxygen atoms in total. The molecule has 2 aromatic heterocycles. The van der Waals surface area contributed by atoms with Crippen molar-refractivity contribution >= 4 is 17.5 Å². The number of benzene rings is 2. The number of rotatable bonds is 5. The molecule has 0 spiro atoms. The summed E-state index contributed by atoms with van der Waals surface area (Å²) in [7, 11) is 1.46. The van der Waals surface area contributed by atoms with Crippen LogP contribution in [0.5, 0.6) is 17.2 Å². The highest BCUT2D eigenvalue weighted by atomic mass is 35.5. The van der Waals surface area contributed by atoms with E-state index in [0.717, 1.165) is 5.56 Å². The Kier molecular flexibility index (Phi) is 5.02. The minimum Gasteiger partial charge on any atom is -0.507 e. The van der Waals surface area contributed by atoms with E-state index >= 15 is 0 Å². The van der Waals surface area contributed by atoms with Gasteiger partial charge < -0.3 is 24.3 Å². The lowest BCUT2D eigenvalue weighted by Gasteiger charge is -2.26. The molecule has 0 bridgehead atoms. The molecule has 0 aliphatic carbocycles. The molecule has 0 fully saturated rings. The van der Waals surface area contributed by atoms with Gasteiger partial charge in [-0.3, -0.25) is 9.89 Å². The Morgan fingerprint density at radius 2 is 2.03 bits per heavy atom. The Bertz CT molecular complexity index is 1360. The summed E-state index contributed by atoms with van der Waals surface area (Å²) in [6.45, 7) is 2.00. The largest absolute Gasteiger partial charge is 0.507 e. The average Bonchev–Trinajstić information content (AvgIpc) is 3.51. The second kappa shape index (κ2) is 7.90. The number of phenolic OH excluding ortho intramolecular Hbond substituents is 2. The van der Waals surface area contributed by atoms with E-state index in [2.05, 4.69) is 10.2 Å². The van der Waals surface area contributed by atoms with E-state index in [4.69, 9.17) is 20.8 Å². The molecule has 1 unspecified atom stereocenters. The van der Waals surface area contributed by atoms with Gasteiger partial charge in [-0.1, -0.05) is 17.7 Å². The van der Waals surface area contributed by atoms with Crippen LogP contribution in [0.2, 0.25) is 5.02 Å². The maximum atomic E-state index is 13.4. The number of H-pyrrole nitrogens is 1. The number of aromatic amines is 1. The van der Waals surface area contributed by atoms with Crippen molar-refractivity contribution in [2.45, 2.75) is 19.5 Å². The number of ether oxygens (including phenoxy) is 1. The van der Waals surface area contributed by atoms with Crippen LogP contribution in [-0.4, -0.2) is 38.3 Å². The molecule has 1 atom stereocenters. The van der Waals surface area contributed by atoms with Gasteiger partial charge in [-0.2, -0.15) is 5.10 Å². The molecule has 4 aromatic rings. The number of aromatic hydroxyl groups is 2. The van der Waals surface area contributed by atoms with E-state index in [0.29, 0.717) is 38.9 Å². The first kappa shape index (κ1) is 21.0. The lowest BCUT2D eigenvalue weighted by molar-refractivity contribution is 0.0717. The zero-order valence-corrected chi connectivity index (χ0v) is 18.6. The van der Waals surface area contributed by atoms with E-state index < -0.39 is 6.04 Å². The zero-order chi connectivity index (χ0) is 23.3. The van der Waals surface area contributed by atoms with Gasteiger partial charge in [0.05, 0.1) is 26.0 Å². The number of halogens is 1. The van der Waals surface area contributed by atoms with Crippen LogP contribution in [0.25, 0.3) is 11.3 Å². The number of amides is 1. The summed E-state index contributed by atoms with van der Waals surface area (Å²) in [5, 5.41) is 28.4. The maximum absolute atomic E-state index is 13.4. The molecule has 0 saturated carbocycles. The Balaban J connectivity index is 1.71. The molecule has 3 N–H and O–H groups in total. The molecule has 0 saturated heterocycles. The Hall–Kier alpha value is -3.91. The minimum absolute atomic E-state index is 0.00479. The molecule has 2 aromatic carbocycles. The van der Waals surface area contributed by atoms with E-state index in [1.807, 2.05) is 0 Å². The first-order valence-corrected chi connectivity index (χ1v) is 10.5. The molecular formula is C24H20ClN3O5. The number of phenols is 2. The Labute approximate surface area is 194 Å². The van der Waals surface area contributed by atoms with E-state index in [1.165, 1.54) is 13.2 Å². The quantitative estimate of drug-likeness (QED) is 0.390. The van der Waals surface area contributed by atoms with Crippen molar-refractivity contribution < 1.29 is 24.2 Å². The topological polar surface area (TPSA) is 112 Å². The number of nitrogens with one attached hydrogen (secondary N) is 1. The second-order valence-electron chi connectivity index (χ2n) is 7.83. The molecule has 0 radical (unpaired) electrons. The number of aryl methyl sites for hydroxylation is 1. The van der Waals surface area contributed by atoms with Crippen LogP contribution >= 0.6 is 11.6 Å². The predicted octanol–water partition coefficient (Wildman–Crippen LogP) is 4.80. The standard InChI is InChI=1S/C24H20ClN3O5/c1-12-8-18(30)15(10-16(12)25)21-20-22(27-26-21)24(31)28(11-14-4-3-7-33-14)23(20)13-5-6-17(29)19(9-13)32-2/h3-10,23,29-30H,11H2,1-2H3,(H,26,27). The van der Waals surface area contributed by atoms with Crippen LogP contribution in [-0.2, 0) is 6.54 Å². The third-order valence-electron chi connectivity index (χ3n) is 5.82. The lowest BCUT2D eigenvalue weighted by atomic mass is 9.95. The van der Waals surface area contributed by atoms with Crippen LogP contribution in [0.4, 0.5) is 0 Å². The molecular weight excluding hydrogens is 446 g/mol. The number of methoxy groups -OCH3 is 1. The van der Waals surface area contributed by atoms with Gasteiger partial charge in [0, 0.05) is 16.1 Å². The van der Waals surface area contributed by atoms with Gasteiger partial charge in [0.2, 0.25) is 0 Å². The first-order valence-electron chi connectivity index (χ1n) is 10.2. The maximum Gasteiger partial charge on any atom is 0.273 e. The molecule has 168 valence electrons. The van der Waals surface area contributed by atoms with Gasteiger partial charge in [0.25, 0.3) is 5.91 Å². The summed E-state index contributed by atoms with van der Waals surface area (Å²) < 4.78 is 10.8. The number of hydrogen-bond acceptors (Lipinski definition) is 6. The van der Waals surface area contributed by atoms with Gasteiger partial charge in [-0.25, -0.2) is 0 Å². The molecule has 33 heavy (non-hydrogen) atoms. The summed E-state index contributed by atoms with van der Waals surface area (Å²) in [5.74, 6) is 0.608. The second-order valence-corrected chi connectivity index (χ2v) is 8.23. The molecule has 3 heterocycles. The van der Waals surface area contributed by atoms with Crippen molar-refractivity contribution in [2.75, 3.05) is 7.11 Å². The van der Waals surface area contributed by atoms with Crippen molar-refractivity contribution in [1.82, 2.24) is 15.1 Å². The minimum atomic E-state index is -0.583. The van der Waals surface area contributed by atoms with Gasteiger partial charge in [-0.05, 0) is 54.4 Å². The van der Waals surface area contributed by atoms with Crippen LogP contribution < -0.4 is 4.74 Å². The van der Waals surface area contributed by atoms with Crippen molar-refractivity contribution in [3.05, 3.63) is 81.9 Å². The van der Waals surface area contributed by atoms with Crippen LogP contribution in [0, 0.1) is 6.92 Å². The first-order chi connectivity index (χ1) is 15.9. The molecule has 1 aliphatic rings. The summed E-state index contributed by atoms with van der Waals surface area (Å²) in [6.07, 6.45) is 1.55. The predicted molar refractivity (Wildman–Crippen MR) is 121 cm³/mol. The highest BCUT2D eigenvalue weighted by Gasteiger charge is 2.43. The fraction of sp³-hybridized carbons (Fsp3) is 0.167. The Morgan fingerprint density at radius 3 is 2.76 bits per heavy atom. The van der Waals surface area contributed by atoms with Crippen molar-refractivity contribution in [3.63, 3.8) is 0 Å². The summed E-state index contributed by atoms with van der Waals surface area (Å²) in [4.78, 5) is 15.1. The van der Waals surface area contributed by atoms with E-state index in [-0.39, 0.29) is 29.7 Å². The number of carbonyl (C=O) groups excluding carboxylic acids is 1. The SMILES string of the molecule is COc1cc(C2c3c(-c4cc(Cl)c(C)cc4O)n[nH]c3C(=O)N2Cc2ccco2)ccc1O. The van der Waals surface area contributed by atoms with Gasteiger partial charge >= 0.3 is 0 Å². The summed E-state index contributed by atoms with van der Waals surface area (Å²) >= 11 is 6.33. The number of nitrogens with zero attached hydrogens (tertiary/aromatic N) is 2. The normalized spacial score (nSPS) is 15.2. The monoisotopic (exact) mass is 465 g/mol. The van der Waals surface area contributed by atoms with Crippen molar-refractivity contribution in [2.24, 2.45) is 0 Å². The molecule has 1 aliphatic heterocycles. The summed E-state index contributed by atoms with van der Waals surface area (Å²) in [6, 6.07) is 11.1. The Morgan fingerprint density at radius 1 is 1.21 bits per heavy atom. The van der Waals surface area contributed by atoms with Crippen molar-refractivity contribution in [3.8, 4) is 28.5 Å². The number of fused-ring (bicyclic) bond motifs is 1. The van der Waals surface area contributed by atoms with E-state index in [1.54, 1.807) is 54.5 Å². The van der Waals surface area contributed by atoms with Crippen LogP contribution in [0.3, 0.4) is 0 Å². The van der Waals surface area contributed by atoms with Gasteiger partial charge in [-0.15, -0.1) is 0 Å². The van der Waals surface area contributed by atoms with Crippen LogP contribution in [0.1, 0.15) is 39.0 Å². The fourth-order valence-electron chi connectivity index (χ4n) is 4.20. The molecule has 1 amide bonds. The average molecular weight is 466 g/mol. The zero-order valence-electron chi connectivity index (χ0n) is 17.8. The lowest BCUT2D eigenvalue weighted by Crippen LogP contribution is -2.29. The smallest absolute Gasteiger partial charge is 0.273 e. The number of hydrogen-bond donors (Lipinski definition) is 3. The third kappa shape index (κ3) is 3.39. The van der Waals surface area contributed by atoms with E-state index in [9.17, 15) is 15.0 Å². The van der Waals surface area contributed by atoms with Gasteiger partial charge in [0.1, 0.15) is 22.9 Å². The molecule has 5 rings (SSSR count). The number of furan rings is 1. The van der Waals surface area contributed by atoms with Gasteiger partial charge in [0.15, 0.2) is 11.5 Å². The fourth-order valence-corrected chi connectivity index (χ4v) is 4.37. The molecule has 9 heteroatoms. The third-order valence-corrected chi connectivity index (χ3v) is 6.23. The van der Waals surface area contributed by atoms with Crippen molar-refractivity contribution in [1.29, 1.82) is 0 Å². The highest BCUT2D eigenvalue weighted by molar-refractivity contribution is 6.31. The number of aromatic nitrogens is 2. The highest BCUT2D eigenvalue weighted by Crippen LogP contribution is 2.47. The number of carbonyl (C=O) groups is 1. The van der Waals surface area contributed by atoms with Crippen LogP contribution in [0.15, 0.2) is 53.1 Å².